The van der Waals surface area contributed by atoms with Gasteiger partial charge in [-0.05, 0) is 48.4 Å². The van der Waals surface area contributed by atoms with Gasteiger partial charge < -0.3 is 9.64 Å². The summed E-state index contributed by atoms with van der Waals surface area (Å²) >= 11 is 0. The molecule has 3 nitrogen and oxygen atoms in total. The molecule has 0 saturated heterocycles. The number of halogens is 3. The molecule has 0 aliphatic heterocycles. The van der Waals surface area contributed by atoms with Crippen molar-refractivity contribution in [3.63, 3.8) is 0 Å². The minimum Gasteiger partial charge on any atom is -0.490 e. The van der Waals surface area contributed by atoms with Crippen LogP contribution in [0.3, 0.4) is 0 Å². The van der Waals surface area contributed by atoms with Gasteiger partial charge in [-0.1, -0.05) is 74.5 Å². The van der Waals surface area contributed by atoms with E-state index >= 15 is 0 Å². The number of carbonyl (C=O) groups excluding carboxylic acids is 1. The van der Waals surface area contributed by atoms with E-state index in [1.807, 2.05) is 49.4 Å². The summed E-state index contributed by atoms with van der Waals surface area (Å²) in [6, 6.07) is 17.8. The molecule has 0 heterocycles. The van der Waals surface area contributed by atoms with E-state index in [4.69, 9.17) is 4.74 Å². The Balaban J connectivity index is 1.65. The Morgan fingerprint density at radius 2 is 1.61 bits per heavy atom. The number of benzene rings is 2. The van der Waals surface area contributed by atoms with Gasteiger partial charge in [0, 0.05) is 32.0 Å². The molecule has 0 aromatic heterocycles. The Kier molecular flexibility index (Phi) is 9.41. The first-order valence-electron chi connectivity index (χ1n) is 12.6. The first-order chi connectivity index (χ1) is 17.0. The fourth-order valence-corrected chi connectivity index (χ4v) is 4.40. The van der Waals surface area contributed by atoms with E-state index in [0.717, 1.165) is 23.6 Å². The molecule has 3 rings (SSSR count). The highest BCUT2D eigenvalue weighted by Gasteiger charge is 2.34. The van der Waals surface area contributed by atoms with Crippen molar-refractivity contribution in [1.82, 2.24) is 4.90 Å². The van der Waals surface area contributed by atoms with Gasteiger partial charge in [0.2, 0.25) is 5.91 Å². The zero-order valence-electron chi connectivity index (χ0n) is 21.5. The maximum Gasteiger partial charge on any atom is 0.412 e. The number of alkyl halides is 3. The van der Waals surface area contributed by atoms with Gasteiger partial charge in [0.05, 0.1) is 11.7 Å². The highest BCUT2D eigenvalue weighted by Crippen LogP contribution is 2.35. The lowest BCUT2D eigenvalue weighted by molar-refractivity contribution is -0.131. The van der Waals surface area contributed by atoms with Crippen molar-refractivity contribution in [3.8, 4) is 0 Å². The van der Waals surface area contributed by atoms with Crippen LogP contribution in [0.2, 0.25) is 0 Å². The number of allylic oxidation sites excluding steroid dienone is 4. The smallest absolute Gasteiger partial charge is 0.412 e. The maximum atomic E-state index is 13.1. The van der Waals surface area contributed by atoms with E-state index in [2.05, 4.69) is 26.0 Å². The van der Waals surface area contributed by atoms with Crippen molar-refractivity contribution in [1.29, 1.82) is 0 Å². The summed E-state index contributed by atoms with van der Waals surface area (Å²) in [7, 11) is 1.78. The van der Waals surface area contributed by atoms with Crippen LogP contribution in [0.5, 0.6) is 0 Å². The van der Waals surface area contributed by atoms with Crippen LogP contribution in [-0.2, 0) is 16.0 Å². The molecule has 0 fully saturated rings. The zero-order chi connectivity index (χ0) is 26.3. The summed E-state index contributed by atoms with van der Waals surface area (Å²) < 4.78 is 45.1. The maximum absolute atomic E-state index is 13.1. The molecule has 1 aliphatic rings. The van der Waals surface area contributed by atoms with E-state index < -0.39 is 11.7 Å². The monoisotopic (exact) mass is 499 g/mol. The van der Waals surface area contributed by atoms with Crippen LogP contribution in [0.15, 0.2) is 78.1 Å². The average molecular weight is 500 g/mol. The first-order valence-corrected chi connectivity index (χ1v) is 12.6. The van der Waals surface area contributed by atoms with Gasteiger partial charge in [-0.25, -0.2) is 0 Å². The number of amides is 1. The minimum absolute atomic E-state index is 0.0213. The summed E-state index contributed by atoms with van der Waals surface area (Å²) in [5, 5.41) is 0. The Morgan fingerprint density at radius 1 is 0.944 bits per heavy atom. The SMILES string of the molecule is CC(C)Cc1ccc(C(C)C(=O)N(C)CC[C@@H](OC2=CC=C(C(F)(F)F)CC2)c2ccccc2)cc1. The third-order valence-corrected chi connectivity index (χ3v) is 6.54. The number of hydrogen-bond acceptors (Lipinski definition) is 2. The van der Waals surface area contributed by atoms with E-state index in [9.17, 15) is 18.0 Å². The molecule has 0 saturated carbocycles. The van der Waals surface area contributed by atoms with Crippen molar-refractivity contribution < 1.29 is 22.7 Å². The van der Waals surface area contributed by atoms with Gasteiger partial charge in [-0.2, -0.15) is 13.2 Å². The second kappa shape index (κ2) is 12.3. The number of likely N-dealkylation sites (N-methyl/N-ethyl adjacent to an activating group) is 1. The Hall–Kier alpha value is -3.02. The molecule has 1 amide bonds. The Morgan fingerprint density at radius 3 is 2.17 bits per heavy atom. The molecule has 1 aliphatic carbocycles. The summed E-state index contributed by atoms with van der Waals surface area (Å²) in [5.74, 6) is 0.854. The standard InChI is InChI=1S/C30H36F3NO2/c1-21(2)20-23-10-12-24(13-11-23)22(3)29(35)34(4)19-18-28(25-8-6-5-7-9-25)36-27-16-14-26(15-17-27)30(31,32)33/h5-14,16,21-22,28H,15,17-20H2,1-4H3/t22?,28-/m1/s1. The van der Waals surface area contributed by atoms with Gasteiger partial charge in [0.25, 0.3) is 0 Å². The normalized spacial score (nSPS) is 15.7. The number of hydrogen-bond donors (Lipinski definition) is 0. The highest BCUT2D eigenvalue weighted by atomic mass is 19.4. The quantitative estimate of drug-likeness (QED) is 0.334. The van der Waals surface area contributed by atoms with Gasteiger partial charge in [0.1, 0.15) is 6.10 Å². The summed E-state index contributed by atoms with van der Waals surface area (Å²) in [6.07, 6.45) is -0.510. The van der Waals surface area contributed by atoms with Crippen LogP contribution in [0.1, 0.15) is 68.7 Å². The molecular weight excluding hydrogens is 463 g/mol. The largest absolute Gasteiger partial charge is 0.490 e. The fraction of sp³-hybridized carbons (Fsp3) is 0.433. The van der Waals surface area contributed by atoms with E-state index in [0.29, 0.717) is 24.6 Å². The first kappa shape index (κ1) is 27.6. The van der Waals surface area contributed by atoms with Crippen molar-refractivity contribution >= 4 is 5.91 Å². The topological polar surface area (TPSA) is 29.5 Å². The summed E-state index contributed by atoms with van der Waals surface area (Å²) in [6.45, 7) is 6.75. The van der Waals surface area contributed by atoms with Gasteiger partial charge in [-0.15, -0.1) is 0 Å². The molecule has 2 aromatic rings. The van der Waals surface area contributed by atoms with E-state index in [1.165, 1.54) is 11.6 Å². The zero-order valence-corrected chi connectivity index (χ0v) is 21.5. The van der Waals surface area contributed by atoms with E-state index in [-0.39, 0.29) is 30.8 Å². The molecular formula is C30H36F3NO2. The molecule has 2 aromatic carbocycles. The van der Waals surface area contributed by atoms with E-state index in [1.54, 1.807) is 11.9 Å². The Labute approximate surface area is 212 Å². The van der Waals surface area contributed by atoms with Gasteiger partial charge in [0.15, 0.2) is 0 Å². The van der Waals surface area contributed by atoms with Crippen LogP contribution >= 0.6 is 0 Å². The van der Waals surface area contributed by atoms with Crippen LogP contribution in [0, 0.1) is 5.92 Å². The third kappa shape index (κ3) is 7.74. The van der Waals surface area contributed by atoms with Crippen molar-refractivity contribution in [2.75, 3.05) is 13.6 Å². The van der Waals surface area contributed by atoms with Crippen molar-refractivity contribution in [2.45, 2.75) is 64.7 Å². The number of ether oxygens (including phenoxy) is 1. The molecule has 0 bridgehead atoms. The van der Waals surface area contributed by atoms with Crippen molar-refractivity contribution in [3.05, 3.63) is 94.8 Å². The molecule has 0 radical (unpaired) electrons. The van der Waals surface area contributed by atoms with Gasteiger partial charge in [-0.3, -0.25) is 4.79 Å². The number of rotatable bonds is 10. The summed E-state index contributed by atoms with van der Waals surface area (Å²) in [5.41, 5.74) is 2.63. The lowest BCUT2D eigenvalue weighted by atomic mass is 9.96. The van der Waals surface area contributed by atoms with Crippen LogP contribution in [0.25, 0.3) is 0 Å². The van der Waals surface area contributed by atoms with Crippen LogP contribution in [-0.4, -0.2) is 30.6 Å². The molecule has 36 heavy (non-hydrogen) atoms. The predicted molar refractivity (Wildman–Crippen MR) is 137 cm³/mol. The third-order valence-electron chi connectivity index (χ3n) is 6.54. The van der Waals surface area contributed by atoms with Crippen molar-refractivity contribution in [2.24, 2.45) is 5.92 Å². The highest BCUT2D eigenvalue weighted by molar-refractivity contribution is 5.83. The minimum atomic E-state index is -4.31. The van der Waals surface area contributed by atoms with Crippen LogP contribution < -0.4 is 0 Å². The summed E-state index contributed by atoms with van der Waals surface area (Å²) in [4.78, 5) is 14.8. The second-order valence-electron chi connectivity index (χ2n) is 9.95. The predicted octanol–water partition coefficient (Wildman–Crippen LogP) is 7.76. The molecule has 2 atom stereocenters. The van der Waals surface area contributed by atoms with Crippen LogP contribution in [0.4, 0.5) is 13.2 Å². The molecule has 194 valence electrons. The molecule has 0 spiro atoms. The number of carbonyl (C=O) groups is 1. The Bertz CT molecular complexity index is 1060. The fourth-order valence-electron chi connectivity index (χ4n) is 4.40. The average Bonchev–Trinajstić information content (AvgIpc) is 2.86. The second-order valence-corrected chi connectivity index (χ2v) is 9.95. The number of nitrogens with zero attached hydrogens (tertiary/aromatic N) is 1. The lowest BCUT2D eigenvalue weighted by Gasteiger charge is -2.27. The molecule has 1 unspecified atom stereocenters. The molecule has 6 heteroatoms. The lowest BCUT2D eigenvalue weighted by Crippen LogP contribution is -2.32. The molecule has 0 N–H and O–H groups in total. The van der Waals surface area contributed by atoms with Gasteiger partial charge >= 0.3 is 6.18 Å².